The number of hydrogen-bond acceptors (Lipinski definition) is 2. The molecular formula is C50H30O2. The first-order chi connectivity index (χ1) is 25.8. The predicted octanol–water partition coefficient (Wildman–Crippen LogP) is 14.5. The molecule has 52 heavy (non-hydrogen) atoms. The summed E-state index contributed by atoms with van der Waals surface area (Å²) in [6.07, 6.45) is 0. The maximum atomic E-state index is 6.71. The minimum Gasteiger partial charge on any atom is -0.456 e. The highest BCUT2D eigenvalue weighted by Gasteiger charge is 2.23. The largest absolute Gasteiger partial charge is 0.456 e. The molecule has 0 aliphatic carbocycles. The van der Waals surface area contributed by atoms with E-state index >= 15 is 0 Å². The quantitative estimate of drug-likeness (QED) is 0.175. The summed E-state index contributed by atoms with van der Waals surface area (Å²) in [5.41, 5.74) is 12.7. The van der Waals surface area contributed by atoms with Crippen molar-refractivity contribution in [1.29, 1.82) is 0 Å². The second kappa shape index (κ2) is 11.3. The average Bonchev–Trinajstić information content (AvgIpc) is 3.79. The molecule has 0 amide bonds. The summed E-state index contributed by atoms with van der Waals surface area (Å²) in [6.45, 7) is 0. The van der Waals surface area contributed by atoms with Crippen molar-refractivity contribution in [3.05, 3.63) is 182 Å². The van der Waals surface area contributed by atoms with Crippen LogP contribution in [0.5, 0.6) is 0 Å². The maximum Gasteiger partial charge on any atom is 0.143 e. The van der Waals surface area contributed by atoms with Crippen LogP contribution in [0.25, 0.3) is 110 Å². The smallest absolute Gasteiger partial charge is 0.143 e. The van der Waals surface area contributed by atoms with Crippen LogP contribution in [0.2, 0.25) is 0 Å². The average molecular weight is 663 g/mol. The fourth-order valence-corrected chi connectivity index (χ4v) is 8.38. The lowest BCUT2D eigenvalue weighted by Crippen LogP contribution is -1.93. The summed E-state index contributed by atoms with van der Waals surface area (Å²) >= 11 is 0. The Morgan fingerprint density at radius 1 is 0.269 bits per heavy atom. The molecular weight excluding hydrogens is 633 g/mol. The summed E-state index contributed by atoms with van der Waals surface area (Å²) in [5, 5.41) is 9.27. The van der Waals surface area contributed by atoms with E-state index in [1.807, 2.05) is 18.2 Å². The lowest BCUT2D eigenvalue weighted by molar-refractivity contribution is 0.668. The van der Waals surface area contributed by atoms with Crippen molar-refractivity contribution in [1.82, 2.24) is 0 Å². The SMILES string of the molecule is c1ccc(-c2ccc3c(-c4cc(-c5cccc6c5oc5ccccc56)cc5oc6ccccc6c45)c4ccccc4c(-c4ccccc4)c3c2)cc1. The predicted molar refractivity (Wildman–Crippen MR) is 218 cm³/mol. The molecule has 242 valence electrons. The van der Waals surface area contributed by atoms with Gasteiger partial charge in [-0.05, 0) is 90.8 Å². The van der Waals surface area contributed by atoms with Gasteiger partial charge in [0.05, 0.1) is 0 Å². The van der Waals surface area contributed by atoms with E-state index in [2.05, 4.69) is 164 Å². The Morgan fingerprint density at radius 3 is 1.63 bits per heavy atom. The topological polar surface area (TPSA) is 26.3 Å². The molecule has 0 N–H and O–H groups in total. The van der Waals surface area contributed by atoms with Gasteiger partial charge in [-0.3, -0.25) is 0 Å². The van der Waals surface area contributed by atoms with E-state index in [1.54, 1.807) is 0 Å². The van der Waals surface area contributed by atoms with Crippen LogP contribution in [-0.2, 0) is 0 Å². The number of benzene rings is 9. The molecule has 0 saturated heterocycles. The highest BCUT2D eigenvalue weighted by Crippen LogP contribution is 2.49. The summed E-state index contributed by atoms with van der Waals surface area (Å²) in [7, 11) is 0. The van der Waals surface area contributed by atoms with Crippen molar-refractivity contribution in [3.63, 3.8) is 0 Å². The van der Waals surface area contributed by atoms with E-state index in [4.69, 9.17) is 8.83 Å². The Bertz CT molecular complexity index is 3160. The molecule has 0 fully saturated rings. The van der Waals surface area contributed by atoms with Crippen LogP contribution in [0.1, 0.15) is 0 Å². The standard InChI is InChI=1S/C50H30O2/c1-3-14-31(15-4-1)33-26-27-39-42(28-33)47(32-16-5-2-6-17-32)37-19-7-8-20-38(37)48(39)43-29-34(30-46-49(43)41-21-10-12-25-45(41)51-46)35-22-13-23-40-36-18-9-11-24-44(36)52-50(35)40/h1-30H. The third kappa shape index (κ3) is 4.31. The van der Waals surface area contributed by atoms with Crippen molar-refractivity contribution in [2.75, 3.05) is 0 Å². The maximum absolute atomic E-state index is 6.71. The third-order valence-corrected chi connectivity index (χ3v) is 10.7. The molecule has 9 aromatic carbocycles. The zero-order valence-electron chi connectivity index (χ0n) is 28.1. The minimum atomic E-state index is 0.854. The Morgan fingerprint density at radius 2 is 0.865 bits per heavy atom. The molecule has 0 spiro atoms. The number of para-hydroxylation sites is 3. The van der Waals surface area contributed by atoms with Gasteiger partial charge in [0.1, 0.15) is 22.3 Å². The first kappa shape index (κ1) is 28.9. The second-order valence-corrected chi connectivity index (χ2v) is 13.6. The van der Waals surface area contributed by atoms with Crippen LogP contribution in [-0.4, -0.2) is 0 Å². The number of rotatable bonds is 4. The van der Waals surface area contributed by atoms with E-state index in [1.165, 1.54) is 49.4 Å². The van der Waals surface area contributed by atoms with Crippen molar-refractivity contribution in [2.24, 2.45) is 0 Å². The lowest BCUT2D eigenvalue weighted by Gasteiger charge is -2.20. The van der Waals surface area contributed by atoms with E-state index in [0.29, 0.717) is 0 Å². The van der Waals surface area contributed by atoms with Crippen LogP contribution in [0.15, 0.2) is 191 Å². The molecule has 0 radical (unpaired) electrons. The van der Waals surface area contributed by atoms with Crippen molar-refractivity contribution in [3.8, 4) is 44.5 Å². The molecule has 2 heterocycles. The van der Waals surface area contributed by atoms with Gasteiger partial charge in [-0.1, -0.05) is 152 Å². The van der Waals surface area contributed by atoms with Crippen LogP contribution < -0.4 is 0 Å². The summed E-state index contributed by atoms with van der Waals surface area (Å²) in [6, 6.07) is 65.0. The molecule has 2 heteroatoms. The highest BCUT2D eigenvalue weighted by atomic mass is 16.3. The van der Waals surface area contributed by atoms with Gasteiger partial charge < -0.3 is 8.83 Å². The van der Waals surface area contributed by atoms with Gasteiger partial charge in [0.2, 0.25) is 0 Å². The summed E-state index contributed by atoms with van der Waals surface area (Å²) in [4.78, 5) is 0. The van der Waals surface area contributed by atoms with E-state index < -0.39 is 0 Å². The summed E-state index contributed by atoms with van der Waals surface area (Å²) < 4.78 is 13.3. The van der Waals surface area contributed by atoms with Gasteiger partial charge in [-0.2, -0.15) is 0 Å². The van der Waals surface area contributed by atoms with E-state index in [0.717, 1.165) is 60.6 Å². The number of hydrogen-bond donors (Lipinski definition) is 0. The highest BCUT2D eigenvalue weighted by molar-refractivity contribution is 6.26. The van der Waals surface area contributed by atoms with Gasteiger partial charge in [0, 0.05) is 27.1 Å². The van der Waals surface area contributed by atoms with Crippen LogP contribution in [0.3, 0.4) is 0 Å². The molecule has 0 bridgehead atoms. The van der Waals surface area contributed by atoms with Crippen LogP contribution >= 0.6 is 0 Å². The first-order valence-corrected chi connectivity index (χ1v) is 17.8. The van der Waals surface area contributed by atoms with Gasteiger partial charge >= 0.3 is 0 Å². The Balaban J connectivity index is 1.30. The van der Waals surface area contributed by atoms with Gasteiger partial charge in [0.15, 0.2) is 0 Å². The van der Waals surface area contributed by atoms with Crippen molar-refractivity contribution in [2.45, 2.75) is 0 Å². The Hall–Kier alpha value is -6.90. The Kier molecular flexibility index (Phi) is 6.28. The van der Waals surface area contributed by atoms with Crippen molar-refractivity contribution >= 4 is 65.4 Å². The minimum absolute atomic E-state index is 0.854. The summed E-state index contributed by atoms with van der Waals surface area (Å²) in [5.74, 6) is 0. The lowest BCUT2D eigenvalue weighted by atomic mass is 9.83. The van der Waals surface area contributed by atoms with Gasteiger partial charge in [-0.25, -0.2) is 0 Å². The first-order valence-electron chi connectivity index (χ1n) is 17.8. The molecule has 11 rings (SSSR count). The monoisotopic (exact) mass is 662 g/mol. The fraction of sp³-hybridized carbons (Fsp3) is 0. The number of furan rings is 2. The van der Waals surface area contributed by atoms with Gasteiger partial charge in [0.25, 0.3) is 0 Å². The third-order valence-electron chi connectivity index (χ3n) is 10.7. The zero-order valence-corrected chi connectivity index (χ0v) is 28.1. The zero-order chi connectivity index (χ0) is 34.2. The molecule has 0 atom stereocenters. The Labute approximate surface area is 299 Å². The molecule has 2 aromatic heterocycles. The molecule has 11 aromatic rings. The molecule has 0 aliphatic rings. The van der Waals surface area contributed by atoms with Crippen LogP contribution in [0, 0.1) is 0 Å². The normalized spacial score (nSPS) is 11.8. The van der Waals surface area contributed by atoms with E-state index in [-0.39, 0.29) is 0 Å². The van der Waals surface area contributed by atoms with Gasteiger partial charge in [-0.15, -0.1) is 0 Å². The second-order valence-electron chi connectivity index (χ2n) is 13.6. The molecule has 0 saturated carbocycles. The van der Waals surface area contributed by atoms with E-state index in [9.17, 15) is 0 Å². The van der Waals surface area contributed by atoms with Crippen LogP contribution in [0.4, 0.5) is 0 Å². The molecule has 2 nitrogen and oxygen atoms in total. The molecule has 0 unspecified atom stereocenters. The number of fused-ring (bicyclic) bond motifs is 8. The van der Waals surface area contributed by atoms with Crippen molar-refractivity contribution < 1.29 is 8.83 Å². The molecule has 0 aliphatic heterocycles. The fourth-order valence-electron chi connectivity index (χ4n) is 8.38.